The van der Waals surface area contributed by atoms with E-state index in [0.29, 0.717) is 11.3 Å². The summed E-state index contributed by atoms with van der Waals surface area (Å²) in [6.07, 6.45) is 0.762. The van der Waals surface area contributed by atoms with Crippen molar-refractivity contribution < 1.29 is 9.13 Å². The zero-order valence-corrected chi connectivity index (χ0v) is 10.5. The minimum absolute atomic E-state index is 0.0928. The normalized spacial score (nSPS) is 11.5. The first-order chi connectivity index (χ1) is 8.20. The summed E-state index contributed by atoms with van der Waals surface area (Å²) in [5.41, 5.74) is 0.569. The van der Waals surface area contributed by atoms with Crippen molar-refractivity contribution in [1.29, 1.82) is 0 Å². The highest BCUT2D eigenvalue weighted by Gasteiger charge is 2.15. The van der Waals surface area contributed by atoms with Crippen LogP contribution in [0.1, 0.15) is 31.9 Å². The summed E-state index contributed by atoms with van der Waals surface area (Å²) in [6.45, 7) is 4.46. The molecule has 0 saturated carbocycles. The van der Waals surface area contributed by atoms with Crippen molar-refractivity contribution in [3.8, 4) is 17.6 Å². The third-order valence-electron chi connectivity index (χ3n) is 2.54. The maximum Gasteiger partial charge on any atom is 0.131 e. The Hall–Kier alpha value is -1.53. The van der Waals surface area contributed by atoms with E-state index in [1.807, 2.05) is 13.8 Å². The molecule has 92 valence electrons. The van der Waals surface area contributed by atoms with Gasteiger partial charge in [-0.15, -0.1) is 11.8 Å². The monoisotopic (exact) mass is 235 g/mol. The molecule has 0 saturated heterocycles. The molecule has 17 heavy (non-hydrogen) atoms. The smallest absolute Gasteiger partial charge is 0.131 e. The second-order valence-corrected chi connectivity index (χ2v) is 3.71. The molecule has 0 bridgehead atoms. The number of hydrogen-bond acceptors (Lipinski definition) is 2. The van der Waals surface area contributed by atoms with E-state index in [1.165, 1.54) is 6.07 Å². The van der Waals surface area contributed by atoms with Gasteiger partial charge in [-0.1, -0.05) is 6.07 Å². The van der Waals surface area contributed by atoms with Gasteiger partial charge >= 0.3 is 0 Å². The lowest BCUT2D eigenvalue weighted by molar-refractivity contribution is 0.394. The molecular formula is C14H18FNO. The van der Waals surface area contributed by atoms with Crippen LogP contribution in [0.5, 0.6) is 5.75 Å². The molecule has 1 aromatic carbocycles. The first kappa shape index (κ1) is 13.5. The number of methoxy groups -OCH3 is 1. The van der Waals surface area contributed by atoms with Crippen LogP contribution in [0.25, 0.3) is 0 Å². The maximum absolute atomic E-state index is 13.7. The maximum atomic E-state index is 13.7. The Balaban J connectivity index is 2.72. The third kappa shape index (κ3) is 3.76. The second-order valence-electron chi connectivity index (χ2n) is 3.71. The van der Waals surface area contributed by atoms with Crippen LogP contribution in [0.2, 0.25) is 0 Å². The van der Waals surface area contributed by atoms with E-state index in [4.69, 9.17) is 4.74 Å². The molecule has 0 aromatic heterocycles. The van der Waals surface area contributed by atoms with E-state index in [1.54, 1.807) is 19.2 Å². The molecule has 1 N–H and O–H groups in total. The minimum Gasteiger partial charge on any atom is -0.496 e. The summed E-state index contributed by atoms with van der Waals surface area (Å²) in [5.74, 6) is 6.12. The third-order valence-corrected chi connectivity index (χ3v) is 2.54. The lowest BCUT2D eigenvalue weighted by Gasteiger charge is -2.17. The Bertz CT molecular complexity index is 420. The van der Waals surface area contributed by atoms with Crippen LogP contribution in [0.3, 0.4) is 0 Å². The number of hydrogen-bond donors (Lipinski definition) is 1. The Morgan fingerprint density at radius 1 is 1.47 bits per heavy atom. The van der Waals surface area contributed by atoms with Gasteiger partial charge in [-0.2, -0.15) is 0 Å². The van der Waals surface area contributed by atoms with Crippen molar-refractivity contribution in [3.05, 3.63) is 29.6 Å². The molecular weight excluding hydrogens is 217 g/mol. The van der Waals surface area contributed by atoms with Crippen LogP contribution >= 0.6 is 0 Å². The van der Waals surface area contributed by atoms with Crippen molar-refractivity contribution in [3.63, 3.8) is 0 Å². The minimum atomic E-state index is -0.245. The molecule has 0 fully saturated rings. The highest BCUT2D eigenvalue weighted by molar-refractivity contribution is 5.36. The highest BCUT2D eigenvalue weighted by Crippen LogP contribution is 2.27. The van der Waals surface area contributed by atoms with Gasteiger partial charge in [0.15, 0.2) is 0 Å². The molecule has 0 aliphatic heterocycles. The molecule has 2 nitrogen and oxygen atoms in total. The molecule has 1 atom stereocenters. The molecule has 0 aliphatic carbocycles. The lowest BCUT2D eigenvalue weighted by Crippen LogP contribution is -2.21. The number of benzene rings is 1. The summed E-state index contributed by atoms with van der Waals surface area (Å²) in [6, 6.07) is 4.77. The molecule has 0 amide bonds. The average molecular weight is 235 g/mol. The second kappa shape index (κ2) is 6.93. The van der Waals surface area contributed by atoms with Crippen molar-refractivity contribution in [2.75, 3.05) is 13.7 Å². The number of ether oxygens (including phenoxy) is 1. The van der Waals surface area contributed by atoms with Crippen LogP contribution in [0, 0.1) is 17.7 Å². The number of halogens is 1. The van der Waals surface area contributed by atoms with E-state index in [0.717, 1.165) is 13.0 Å². The zero-order valence-electron chi connectivity index (χ0n) is 10.5. The quantitative estimate of drug-likeness (QED) is 0.626. The molecule has 0 aliphatic rings. The van der Waals surface area contributed by atoms with Crippen molar-refractivity contribution in [2.45, 2.75) is 26.3 Å². The van der Waals surface area contributed by atoms with Crippen LogP contribution in [0.4, 0.5) is 4.39 Å². The fraction of sp³-hybridized carbons (Fsp3) is 0.429. The lowest BCUT2D eigenvalue weighted by atomic mass is 10.1. The van der Waals surface area contributed by atoms with Gasteiger partial charge < -0.3 is 10.1 Å². The predicted octanol–water partition coefficient (Wildman–Crippen LogP) is 2.90. The molecule has 0 heterocycles. The van der Waals surface area contributed by atoms with Crippen LogP contribution in [-0.2, 0) is 0 Å². The summed E-state index contributed by atoms with van der Waals surface area (Å²) in [7, 11) is 1.55. The Labute approximate surface area is 102 Å². The van der Waals surface area contributed by atoms with Gasteiger partial charge in [0.25, 0.3) is 0 Å². The SMILES string of the molecule is CC#CCCNC(C)c1c(F)cccc1OC. The summed E-state index contributed by atoms with van der Waals surface area (Å²) in [5, 5.41) is 3.23. The van der Waals surface area contributed by atoms with Crippen LogP contribution < -0.4 is 10.1 Å². The van der Waals surface area contributed by atoms with Gasteiger partial charge in [-0.3, -0.25) is 0 Å². The van der Waals surface area contributed by atoms with E-state index in [2.05, 4.69) is 17.2 Å². The topological polar surface area (TPSA) is 21.3 Å². The van der Waals surface area contributed by atoms with Crippen molar-refractivity contribution in [2.24, 2.45) is 0 Å². The van der Waals surface area contributed by atoms with Gasteiger partial charge in [0, 0.05) is 24.6 Å². The van der Waals surface area contributed by atoms with Gasteiger partial charge in [0.05, 0.1) is 7.11 Å². The zero-order chi connectivity index (χ0) is 12.7. The van der Waals surface area contributed by atoms with Crippen LogP contribution in [-0.4, -0.2) is 13.7 Å². The van der Waals surface area contributed by atoms with Crippen molar-refractivity contribution >= 4 is 0 Å². The molecule has 3 heteroatoms. The van der Waals surface area contributed by atoms with E-state index >= 15 is 0 Å². The first-order valence-electron chi connectivity index (χ1n) is 5.66. The summed E-state index contributed by atoms with van der Waals surface area (Å²) in [4.78, 5) is 0. The van der Waals surface area contributed by atoms with Crippen molar-refractivity contribution in [1.82, 2.24) is 5.32 Å². The fourth-order valence-electron chi connectivity index (χ4n) is 1.69. The molecule has 1 aromatic rings. The van der Waals surface area contributed by atoms with E-state index in [9.17, 15) is 4.39 Å². The predicted molar refractivity (Wildman–Crippen MR) is 67.4 cm³/mol. The Morgan fingerprint density at radius 3 is 2.88 bits per heavy atom. The fourth-order valence-corrected chi connectivity index (χ4v) is 1.69. The molecule has 1 rings (SSSR count). The number of nitrogens with one attached hydrogen (secondary N) is 1. The Kier molecular flexibility index (Phi) is 5.51. The van der Waals surface area contributed by atoms with Crippen LogP contribution in [0.15, 0.2) is 18.2 Å². The van der Waals surface area contributed by atoms with Gasteiger partial charge in [-0.05, 0) is 26.0 Å². The standard InChI is InChI=1S/C14H18FNO/c1-4-5-6-10-16-11(2)14-12(15)8-7-9-13(14)17-3/h7-9,11,16H,6,10H2,1-3H3. The highest BCUT2D eigenvalue weighted by atomic mass is 19.1. The summed E-state index contributed by atoms with van der Waals surface area (Å²) < 4.78 is 18.9. The van der Waals surface area contributed by atoms with Gasteiger partial charge in [0.2, 0.25) is 0 Å². The van der Waals surface area contributed by atoms with Gasteiger partial charge in [-0.25, -0.2) is 4.39 Å². The molecule has 0 spiro atoms. The van der Waals surface area contributed by atoms with E-state index < -0.39 is 0 Å². The molecule has 0 radical (unpaired) electrons. The first-order valence-corrected chi connectivity index (χ1v) is 5.66. The number of rotatable bonds is 5. The molecule has 1 unspecified atom stereocenters. The average Bonchev–Trinajstić information content (AvgIpc) is 2.34. The van der Waals surface area contributed by atoms with Gasteiger partial charge in [0.1, 0.15) is 11.6 Å². The largest absolute Gasteiger partial charge is 0.496 e. The Morgan fingerprint density at radius 2 is 2.24 bits per heavy atom. The van der Waals surface area contributed by atoms with E-state index in [-0.39, 0.29) is 11.9 Å². The summed E-state index contributed by atoms with van der Waals surface area (Å²) >= 11 is 0.